The van der Waals surface area contributed by atoms with Crippen LogP contribution in [0.4, 0.5) is 0 Å². The Bertz CT molecular complexity index is 241. The lowest BCUT2D eigenvalue weighted by Gasteiger charge is -2.38. The van der Waals surface area contributed by atoms with Crippen LogP contribution in [-0.2, 0) is 4.74 Å². The first-order chi connectivity index (χ1) is 8.92. The van der Waals surface area contributed by atoms with Gasteiger partial charge in [0.25, 0.3) is 0 Å². The Hall–Kier alpha value is -0.160. The molecule has 1 rings (SSSR count). The lowest BCUT2D eigenvalue weighted by Crippen LogP contribution is -2.51. The summed E-state index contributed by atoms with van der Waals surface area (Å²) in [4.78, 5) is 2.42. The molecule has 2 unspecified atom stereocenters. The predicted molar refractivity (Wildman–Crippen MR) is 79.5 cm³/mol. The molecule has 1 fully saturated rings. The van der Waals surface area contributed by atoms with E-state index in [-0.39, 0.29) is 11.6 Å². The van der Waals surface area contributed by atoms with Gasteiger partial charge in [-0.3, -0.25) is 4.90 Å². The summed E-state index contributed by atoms with van der Waals surface area (Å²) in [5, 5.41) is 13.6. The molecule has 114 valence electrons. The van der Waals surface area contributed by atoms with Gasteiger partial charge >= 0.3 is 0 Å². The second-order valence-corrected chi connectivity index (χ2v) is 6.59. The first-order valence-electron chi connectivity index (χ1n) is 7.67. The molecule has 0 aromatic rings. The Kier molecular flexibility index (Phi) is 7.29. The van der Waals surface area contributed by atoms with Crippen molar-refractivity contribution in [1.29, 1.82) is 0 Å². The highest BCUT2D eigenvalue weighted by molar-refractivity contribution is 4.83. The van der Waals surface area contributed by atoms with Crippen molar-refractivity contribution in [2.45, 2.75) is 64.6 Å². The number of likely N-dealkylation sites (tertiary alicyclic amines) is 1. The van der Waals surface area contributed by atoms with E-state index >= 15 is 0 Å². The normalized spacial score (nSPS) is 23.5. The second kappa shape index (κ2) is 8.20. The van der Waals surface area contributed by atoms with Crippen LogP contribution in [0, 0.1) is 0 Å². The largest absolute Gasteiger partial charge is 0.389 e. The Labute approximate surface area is 118 Å². The highest BCUT2D eigenvalue weighted by Gasteiger charge is 2.25. The summed E-state index contributed by atoms with van der Waals surface area (Å²) < 4.78 is 5.29. The quantitative estimate of drug-likeness (QED) is 0.739. The topological polar surface area (TPSA) is 44.7 Å². The molecule has 1 heterocycles. The average Bonchev–Trinajstić information content (AvgIpc) is 2.34. The fourth-order valence-corrected chi connectivity index (χ4v) is 2.53. The molecular formula is C15H32N2O2. The van der Waals surface area contributed by atoms with E-state index in [2.05, 4.69) is 31.0 Å². The van der Waals surface area contributed by atoms with Crippen molar-refractivity contribution in [2.24, 2.45) is 0 Å². The molecule has 0 bridgehead atoms. The zero-order valence-electron chi connectivity index (χ0n) is 13.1. The van der Waals surface area contributed by atoms with Gasteiger partial charge in [0, 0.05) is 31.3 Å². The summed E-state index contributed by atoms with van der Waals surface area (Å²) in [6.45, 7) is 12.5. The number of hydrogen-bond acceptors (Lipinski definition) is 4. The van der Waals surface area contributed by atoms with E-state index in [9.17, 15) is 5.11 Å². The molecule has 0 aromatic heterocycles. The van der Waals surface area contributed by atoms with Crippen LogP contribution in [-0.4, -0.2) is 60.5 Å². The molecule has 0 saturated carbocycles. The molecule has 0 aliphatic carbocycles. The smallest absolute Gasteiger partial charge is 0.0900 e. The number of nitrogens with zero attached hydrogens (tertiary/aromatic N) is 1. The fourth-order valence-electron chi connectivity index (χ4n) is 2.53. The van der Waals surface area contributed by atoms with Crippen LogP contribution in [0.5, 0.6) is 0 Å². The maximum Gasteiger partial charge on any atom is 0.0900 e. The van der Waals surface area contributed by atoms with Crippen molar-refractivity contribution in [1.82, 2.24) is 10.2 Å². The lowest BCUT2D eigenvalue weighted by atomic mass is 10.00. The molecule has 4 nitrogen and oxygen atoms in total. The average molecular weight is 272 g/mol. The van der Waals surface area contributed by atoms with Crippen molar-refractivity contribution in [3.8, 4) is 0 Å². The van der Waals surface area contributed by atoms with Crippen LogP contribution in [0.3, 0.4) is 0 Å². The van der Waals surface area contributed by atoms with Crippen LogP contribution >= 0.6 is 0 Å². The van der Waals surface area contributed by atoms with E-state index in [0.717, 1.165) is 19.6 Å². The highest BCUT2D eigenvalue weighted by Crippen LogP contribution is 2.17. The van der Waals surface area contributed by atoms with Gasteiger partial charge in [-0.1, -0.05) is 6.42 Å². The number of hydrogen-bond donors (Lipinski definition) is 2. The summed E-state index contributed by atoms with van der Waals surface area (Å²) in [5.74, 6) is 0. The van der Waals surface area contributed by atoms with Gasteiger partial charge in [0.1, 0.15) is 0 Å². The molecule has 1 saturated heterocycles. The van der Waals surface area contributed by atoms with Crippen LogP contribution in [0.25, 0.3) is 0 Å². The summed E-state index contributed by atoms with van der Waals surface area (Å²) in [7, 11) is 0. The fraction of sp³-hybridized carbons (Fsp3) is 1.00. The Balaban J connectivity index is 2.39. The number of aliphatic hydroxyl groups is 1. The van der Waals surface area contributed by atoms with Crippen molar-refractivity contribution in [3.05, 3.63) is 0 Å². The summed E-state index contributed by atoms with van der Waals surface area (Å²) in [5.41, 5.74) is 0.160. The number of ether oxygens (including phenoxy) is 1. The van der Waals surface area contributed by atoms with Crippen LogP contribution in [0.1, 0.15) is 47.0 Å². The molecule has 1 aliphatic rings. The molecule has 0 radical (unpaired) electrons. The predicted octanol–water partition coefficient (Wildman–Crippen LogP) is 1.63. The molecule has 0 amide bonds. The molecule has 2 N–H and O–H groups in total. The summed E-state index contributed by atoms with van der Waals surface area (Å²) in [6.07, 6.45) is 3.40. The van der Waals surface area contributed by atoms with Gasteiger partial charge in [-0.15, -0.1) is 0 Å². The van der Waals surface area contributed by atoms with Crippen LogP contribution in [0.15, 0.2) is 0 Å². The third-order valence-corrected chi connectivity index (χ3v) is 3.58. The van der Waals surface area contributed by atoms with Gasteiger partial charge in [0.05, 0.1) is 12.7 Å². The number of β-amino-alcohol motifs (C(OH)–C–C–N with tert-alkyl or cyclic N) is 1. The first-order valence-corrected chi connectivity index (χ1v) is 7.67. The first kappa shape index (κ1) is 16.9. The minimum absolute atomic E-state index is 0.160. The maximum atomic E-state index is 9.99. The van der Waals surface area contributed by atoms with Gasteiger partial charge in [-0.25, -0.2) is 0 Å². The van der Waals surface area contributed by atoms with E-state index in [1.54, 1.807) is 0 Å². The number of aliphatic hydroxyl groups excluding tert-OH is 1. The monoisotopic (exact) mass is 272 g/mol. The van der Waals surface area contributed by atoms with Crippen molar-refractivity contribution >= 4 is 0 Å². The van der Waals surface area contributed by atoms with Gasteiger partial charge < -0.3 is 15.2 Å². The third kappa shape index (κ3) is 7.25. The van der Waals surface area contributed by atoms with E-state index in [4.69, 9.17) is 4.74 Å². The summed E-state index contributed by atoms with van der Waals surface area (Å²) >= 11 is 0. The van der Waals surface area contributed by atoms with Gasteiger partial charge in [0.15, 0.2) is 0 Å². The minimum atomic E-state index is -0.366. The molecule has 0 spiro atoms. The maximum absolute atomic E-state index is 9.99. The molecule has 1 aliphatic heterocycles. The van der Waals surface area contributed by atoms with E-state index in [0.29, 0.717) is 19.3 Å². The molecule has 4 heteroatoms. The van der Waals surface area contributed by atoms with Crippen molar-refractivity contribution in [3.63, 3.8) is 0 Å². The Morgan fingerprint density at radius 2 is 2.11 bits per heavy atom. The zero-order valence-corrected chi connectivity index (χ0v) is 13.1. The molecule has 19 heavy (non-hydrogen) atoms. The Morgan fingerprint density at radius 1 is 1.37 bits per heavy atom. The van der Waals surface area contributed by atoms with Crippen molar-refractivity contribution in [2.75, 3.05) is 32.8 Å². The van der Waals surface area contributed by atoms with Gasteiger partial charge in [0.2, 0.25) is 0 Å². The van der Waals surface area contributed by atoms with E-state index in [1.165, 1.54) is 19.3 Å². The summed E-state index contributed by atoms with van der Waals surface area (Å²) in [6, 6.07) is 0.546. The number of rotatable bonds is 7. The second-order valence-electron chi connectivity index (χ2n) is 6.59. The SMILES string of the molecule is CCOCC(O)CN1CCCCC1CNC(C)(C)C. The number of piperidine rings is 1. The lowest BCUT2D eigenvalue weighted by molar-refractivity contribution is 0.00501. The standard InChI is InChI=1S/C15H32N2O2/c1-5-19-12-14(18)11-17-9-7-6-8-13(17)10-16-15(2,3)4/h13-14,16,18H,5-12H2,1-4H3. The minimum Gasteiger partial charge on any atom is -0.389 e. The molecule has 2 atom stereocenters. The third-order valence-electron chi connectivity index (χ3n) is 3.58. The molecule has 0 aromatic carbocycles. The van der Waals surface area contributed by atoms with Crippen molar-refractivity contribution < 1.29 is 9.84 Å². The Morgan fingerprint density at radius 3 is 2.74 bits per heavy atom. The number of nitrogens with one attached hydrogen (secondary N) is 1. The van der Waals surface area contributed by atoms with Gasteiger partial charge in [-0.2, -0.15) is 0 Å². The van der Waals surface area contributed by atoms with Gasteiger partial charge in [-0.05, 0) is 47.1 Å². The van der Waals surface area contributed by atoms with E-state index < -0.39 is 0 Å². The van der Waals surface area contributed by atoms with E-state index in [1.807, 2.05) is 6.92 Å². The molecular weight excluding hydrogens is 240 g/mol. The van der Waals surface area contributed by atoms with Crippen LogP contribution < -0.4 is 5.32 Å². The van der Waals surface area contributed by atoms with Crippen LogP contribution in [0.2, 0.25) is 0 Å². The zero-order chi connectivity index (χ0) is 14.3. The highest BCUT2D eigenvalue weighted by atomic mass is 16.5.